The van der Waals surface area contributed by atoms with Gasteiger partial charge in [-0.15, -0.1) is 0 Å². The quantitative estimate of drug-likeness (QED) is 0.557. The summed E-state index contributed by atoms with van der Waals surface area (Å²) >= 11 is 0. The minimum absolute atomic E-state index is 0.278. The Bertz CT molecular complexity index is 386. The first-order chi connectivity index (χ1) is 9.13. The lowest BCUT2D eigenvalue weighted by Gasteiger charge is -2.40. The maximum atomic E-state index is 9.77. The van der Waals surface area contributed by atoms with Crippen LogP contribution in [0.1, 0.15) is 5.56 Å². The fourth-order valence-electron chi connectivity index (χ4n) is 2.01. The molecule has 6 heteroatoms. The summed E-state index contributed by atoms with van der Waals surface area (Å²) in [6, 6.07) is 8.59. The summed E-state index contributed by atoms with van der Waals surface area (Å²) in [7, 11) is 0. The Morgan fingerprint density at radius 3 is 2.47 bits per heavy atom. The van der Waals surface area contributed by atoms with E-state index in [0.717, 1.165) is 5.56 Å². The third-order valence-corrected chi connectivity index (χ3v) is 3.19. The Hall–Kier alpha value is -1.02. The van der Waals surface area contributed by atoms with Gasteiger partial charge in [-0.2, -0.15) is 0 Å². The molecule has 0 aliphatic carbocycles. The van der Waals surface area contributed by atoms with Crippen LogP contribution >= 0.6 is 0 Å². The lowest BCUT2D eigenvalue weighted by atomic mass is 9.98. The van der Waals surface area contributed by atoms with Crippen molar-refractivity contribution >= 4 is 0 Å². The molecule has 0 unspecified atom stereocenters. The van der Waals surface area contributed by atoms with Crippen LogP contribution in [-0.2, 0) is 16.1 Å². The van der Waals surface area contributed by atoms with E-state index >= 15 is 0 Å². The Morgan fingerprint density at radius 1 is 1.16 bits per heavy atom. The highest BCUT2D eigenvalue weighted by molar-refractivity contribution is 5.13. The fourth-order valence-corrected chi connectivity index (χ4v) is 2.01. The van der Waals surface area contributed by atoms with Crippen molar-refractivity contribution < 1.29 is 24.8 Å². The van der Waals surface area contributed by atoms with Gasteiger partial charge in [-0.05, 0) is 5.56 Å². The smallest absolute Gasteiger partial charge is 0.176 e. The number of aliphatic hydroxyl groups excluding tert-OH is 3. The van der Waals surface area contributed by atoms with Crippen molar-refractivity contribution in [1.29, 1.82) is 0 Å². The topological polar surface area (TPSA) is 105 Å². The molecule has 0 amide bonds. The Morgan fingerprint density at radius 2 is 1.84 bits per heavy atom. The molecule has 0 saturated carbocycles. The van der Waals surface area contributed by atoms with Crippen LogP contribution in [0, 0.1) is 0 Å². The van der Waals surface area contributed by atoms with Crippen molar-refractivity contribution in [3.05, 3.63) is 35.9 Å². The first-order valence-electron chi connectivity index (χ1n) is 6.17. The summed E-state index contributed by atoms with van der Waals surface area (Å²) in [6.45, 7) is -0.129. The number of nitrogens with two attached hydrogens (primary N) is 1. The molecule has 19 heavy (non-hydrogen) atoms. The molecule has 1 aromatic rings. The summed E-state index contributed by atoms with van der Waals surface area (Å²) in [6.07, 6.45) is -4.16. The van der Waals surface area contributed by atoms with E-state index in [1.807, 2.05) is 30.3 Å². The van der Waals surface area contributed by atoms with Crippen LogP contribution in [-0.4, -0.2) is 52.6 Å². The molecule has 0 radical (unpaired) electrons. The first-order valence-corrected chi connectivity index (χ1v) is 6.17. The normalized spacial score (nSPS) is 35.3. The molecule has 0 spiro atoms. The largest absolute Gasteiger partial charge is 0.394 e. The van der Waals surface area contributed by atoms with Gasteiger partial charge < -0.3 is 30.5 Å². The van der Waals surface area contributed by atoms with Gasteiger partial charge in [0.25, 0.3) is 0 Å². The van der Waals surface area contributed by atoms with Crippen LogP contribution in [0.5, 0.6) is 0 Å². The number of hydrogen-bond acceptors (Lipinski definition) is 6. The van der Waals surface area contributed by atoms with E-state index in [1.54, 1.807) is 0 Å². The van der Waals surface area contributed by atoms with Crippen molar-refractivity contribution in [3.8, 4) is 0 Å². The van der Waals surface area contributed by atoms with Gasteiger partial charge in [-0.25, -0.2) is 0 Å². The fraction of sp³-hybridized carbons (Fsp3) is 0.538. The number of aliphatic hydroxyl groups is 3. The summed E-state index contributed by atoms with van der Waals surface area (Å²) in [5.41, 5.74) is 6.70. The summed E-state index contributed by atoms with van der Waals surface area (Å²) in [4.78, 5) is 0. The van der Waals surface area contributed by atoms with Crippen molar-refractivity contribution in [1.82, 2.24) is 0 Å². The average Bonchev–Trinajstić information content (AvgIpc) is 2.45. The predicted octanol–water partition coefficient (Wildman–Crippen LogP) is -1.03. The Kier molecular flexibility index (Phi) is 4.87. The van der Waals surface area contributed by atoms with Crippen molar-refractivity contribution in [2.24, 2.45) is 5.73 Å². The molecular weight excluding hydrogens is 250 g/mol. The Labute approximate surface area is 111 Å². The number of rotatable bonds is 4. The second kappa shape index (κ2) is 6.42. The van der Waals surface area contributed by atoms with Gasteiger partial charge in [0.1, 0.15) is 18.3 Å². The zero-order valence-electron chi connectivity index (χ0n) is 10.4. The molecular formula is C13H19NO5. The SMILES string of the molecule is N[C@H]1[C@H](OCc2ccccc2)O[C@@H](CO)[C@@H](O)[C@H]1O. The van der Waals surface area contributed by atoms with Gasteiger partial charge in [0.2, 0.25) is 0 Å². The van der Waals surface area contributed by atoms with E-state index in [2.05, 4.69) is 0 Å². The zero-order chi connectivity index (χ0) is 13.8. The lowest BCUT2D eigenvalue weighted by Crippen LogP contribution is -2.62. The molecule has 1 saturated heterocycles. The van der Waals surface area contributed by atoms with E-state index < -0.39 is 37.3 Å². The van der Waals surface area contributed by atoms with E-state index in [0.29, 0.717) is 0 Å². The van der Waals surface area contributed by atoms with E-state index in [1.165, 1.54) is 0 Å². The maximum Gasteiger partial charge on any atom is 0.176 e. The minimum Gasteiger partial charge on any atom is -0.394 e. The van der Waals surface area contributed by atoms with Gasteiger partial charge in [-0.1, -0.05) is 30.3 Å². The van der Waals surface area contributed by atoms with Crippen LogP contribution < -0.4 is 5.73 Å². The van der Waals surface area contributed by atoms with Crippen LogP contribution in [0.25, 0.3) is 0 Å². The minimum atomic E-state index is -1.21. The van der Waals surface area contributed by atoms with Gasteiger partial charge in [0.15, 0.2) is 6.29 Å². The molecule has 5 atom stereocenters. The monoisotopic (exact) mass is 269 g/mol. The van der Waals surface area contributed by atoms with Gasteiger partial charge in [-0.3, -0.25) is 0 Å². The average molecular weight is 269 g/mol. The Balaban J connectivity index is 1.95. The number of ether oxygens (including phenoxy) is 2. The summed E-state index contributed by atoms with van der Waals surface area (Å²) in [5.74, 6) is 0. The molecule has 1 aliphatic heterocycles. The highest BCUT2D eigenvalue weighted by Gasteiger charge is 2.42. The van der Waals surface area contributed by atoms with Gasteiger partial charge in [0.05, 0.1) is 19.3 Å². The highest BCUT2D eigenvalue weighted by atomic mass is 16.7. The lowest BCUT2D eigenvalue weighted by molar-refractivity contribution is -0.269. The van der Waals surface area contributed by atoms with E-state index in [9.17, 15) is 10.2 Å². The standard InChI is InChI=1S/C13H19NO5/c14-10-12(17)11(16)9(6-15)19-13(10)18-7-8-4-2-1-3-5-8/h1-5,9-13,15-17H,6-7,14H2/t9-,10+,11+,12-,13+/m0/s1. The van der Waals surface area contributed by atoms with E-state index in [-0.39, 0.29) is 6.61 Å². The molecule has 1 aliphatic rings. The van der Waals surface area contributed by atoms with Crippen LogP contribution in [0.4, 0.5) is 0 Å². The highest BCUT2D eigenvalue weighted by Crippen LogP contribution is 2.21. The number of hydrogen-bond donors (Lipinski definition) is 4. The maximum absolute atomic E-state index is 9.77. The molecule has 5 N–H and O–H groups in total. The van der Waals surface area contributed by atoms with E-state index in [4.69, 9.17) is 20.3 Å². The van der Waals surface area contributed by atoms with Crippen LogP contribution in [0.3, 0.4) is 0 Å². The molecule has 1 aromatic carbocycles. The molecule has 0 aromatic heterocycles. The molecule has 0 bridgehead atoms. The van der Waals surface area contributed by atoms with Crippen molar-refractivity contribution in [2.75, 3.05) is 6.61 Å². The molecule has 1 fully saturated rings. The van der Waals surface area contributed by atoms with Gasteiger partial charge >= 0.3 is 0 Å². The third kappa shape index (κ3) is 3.30. The molecule has 106 valence electrons. The molecule has 2 rings (SSSR count). The molecule has 6 nitrogen and oxygen atoms in total. The third-order valence-electron chi connectivity index (χ3n) is 3.19. The first kappa shape index (κ1) is 14.4. The van der Waals surface area contributed by atoms with Gasteiger partial charge in [0, 0.05) is 0 Å². The number of benzene rings is 1. The van der Waals surface area contributed by atoms with Crippen LogP contribution in [0.2, 0.25) is 0 Å². The van der Waals surface area contributed by atoms with Crippen LogP contribution in [0.15, 0.2) is 30.3 Å². The predicted molar refractivity (Wildman–Crippen MR) is 67.0 cm³/mol. The second-order valence-electron chi connectivity index (χ2n) is 4.58. The molecule has 1 heterocycles. The van der Waals surface area contributed by atoms with Crippen molar-refractivity contribution in [3.63, 3.8) is 0 Å². The van der Waals surface area contributed by atoms with Crippen molar-refractivity contribution in [2.45, 2.75) is 37.3 Å². The summed E-state index contributed by atoms with van der Waals surface area (Å²) < 4.78 is 10.8. The summed E-state index contributed by atoms with van der Waals surface area (Å²) in [5, 5.41) is 28.5. The zero-order valence-corrected chi connectivity index (χ0v) is 10.4. The second-order valence-corrected chi connectivity index (χ2v) is 4.58.